The van der Waals surface area contributed by atoms with E-state index in [-0.39, 0.29) is 22.1 Å². The lowest BCUT2D eigenvalue weighted by atomic mass is 9.84. The van der Waals surface area contributed by atoms with E-state index in [0.29, 0.717) is 4.88 Å². The Bertz CT molecular complexity index is 943. The molecule has 3 nitrogen and oxygen atoms in total. The van der Waals surface area contributed by atoms with Gasteiger partial charge in [-0.1, -0.05) is 44.0 Å². The zero-order valence-electron chi connectivity index (χ0n) is 15.6. The van der Waals surface area contributed by atoms with Crippen LogP contribution in [-0.4, -0.2) is 10.1 Å². The second-order valence-electron chi connectivity index (χ2n) is 7.01. The number of carbonyl (C=O) groups excluding carboxylic acids is 1. The van der Waals surface area contributed by atoms with Gasteiger partial charge in [0.25, 0.3) is 0 Å². The van der Waals surface area contributed by atoms with Crippen LogP contribution in [0.4, 0.5) is 10.8 Å². The molecule has 0 atom stereocenters. The van der Waals surface area contributed by atoms with Crippen LogP contribution in [-0.2, 0) is 0 Å². The van der Waals surface area contributed by atoms with E-state index in [0.717, 1.165) is 32.9 Å². The number of benzene rings is 1. The van der Waals surface area contributed by atoms with E-state index < -0.39 is 0 Å². The van der Waals surface area contributed by atoms with Crippen LogP contribution in [0.1, 0.15) is 58.1 Å². The molecule has 1 aromatic carbocycles. The Morgan fingerprint density at radius 3 is 2.54 bits per heavy atom. The molecular formula is C21H23BrN2OS3. The highest BCUT2D eigenvalue weighted by Crippen LogP contribution is 2.35. The fourth-order valence-electron chi connectivity index (χ4n) is 3.69. The highest BCUT2D eigenvalue weighted by molar-refractivity contribution is 8.93. The Labute approximate surface area is 189 Å². The number of thiol groups is 1. The molecule has 1 aliphatic carbocycles. The van der Waals surface area contributed by atoms with Crippen molar-refractivity contribution in [3.8, 4) is 11.3 Å². The minimum atomic E-state index is -0.194. The van der Waals surface area contributed by atoms with Gasteiger partial charge in [-0.25, -0.2) is 4.98 Å². The topological polar surface area (TPSA) is 42.0 Å². The Kier molecular flexibility index (Phi) is 7.36. The number of halogens is 1. The summed E-state index contributed by atoms with van der Waals surface area (Å²) in [7, 11) is 0. The molecule has 3 aromatic rings. The second-order valence-corrected chi connectivity index (χ2v) is 9.53. The van der Waals surface area contributed by atoms with Crippen molar-refractivity contribution in [3.63, 3.8) is 0 Å². The number of hydrogen-bond donors (Lipinski definition) is 2. The van der Waals surface area contributed by atoms with Crippen LogP contribution >= 0.6 is 52.3 Å². The highest BCUT2D eigenvalue weighted by Gasteiger charge is 2.16. The van der Waals surface area contributed by atoms with Crippen molar-refractivity contribution in [1.29, 1.82) is 0 Å². The lowest BCUT2D eigenvalue weighted by molar-refractivity contribution is 0.109. The zero-order chi connectivity index (χ0) is 18.8. The third-order valence-electron chi connectivity index (χ3n) is 5.15. The van der Waals surface area contributed by atoms with Crippen LogP contribution in [0.3, 0.4) is 0 Å². The Morgan fingerprint density at radius 1 is 1.18 bits per heavy atom. The summed E-state index contributed by atoms with van der Waals surface area (Å²) in [5.41, 5.74) is 4.42. The molecule has 2 aromatic heterocycles. The molecule has 28 heavy (non-hydrogen) atoms. The molecule has 4 rings (SSSR count). The van der Waals surface area contributed by atoms with E-state index in [4.69, 9.17) is 4.98 Å². The normalized spacial score (nSPS) is 14.5. The molecule has 7 heteroatoms. The Hall–Kier alpha value is -1.15. The molecule has 148 valence electrons. The summed E-state index contributed by atoms with van der Waals surface area (Å²) in [6.07, 6.45) is 6.73. The number of anilines is 2. The number of nitrogens with zero attached hydrogens (tertiary/aromatic N) is 1. The fraction of sp³-hybridized carbons (Fsp3) is 0.333. The average molecular weight is 496 g/mol. The van der Waals surface area contributed by atoms with Crippen LogP contribution in [0.15, 0.2) is 35.7 Å². The van der Waals surface area contributed by atoms with Crippen LogP contribution in [0.2, 0.25) is 0 Å². The van der Waals surface area contributed by atoms with Crippen molar-refractivity contribution in [2.45, 2.75) is 44.9 Å². The number of hydrogen-bond acceptors (Lipinski definition) is 5. The third kappa shape index (κ3) is 4.87. The Balaban J connectivity index is 0.00000225. The number of nitrogens with one attached hydrogen (secondary N) is 1. The maximum absolute atomic E-state index is 11.5. The molecule has 0 spiro atoms. The monoisotopic (exact) mass is 494 g/mol. The van der Waals surface area contributed by atoms with Crippen molar-refractivity contribution < 1.29 is 4.79 Å². The van der Waals surface area contributed by atoms with Crippen molar-refractivity contribution in [2.24, 2.45) is 0 Å². The molecule has 1 saturated carbocycles. The molecule has 0 bridgehead atoms. The van der Waals surface area contributed by atoms with E-state index in [1.54, 1.807) is 11.3 Å². The molecule has 0 radical (unpaired) electrons. The lowest BCUT2D eigenvalue weighted by Crippen LogP contribution is -2.04. The van der Waals surface area contributed by atoms with E-state index in [1.807, 2.05) is 18.4 Å². The van der Waals surface area contributed by atoms with Gasteiger partial charge in [0.05, 0.1) is 10.6 Å². The molecular weight excluding hydrogens is 472 g/mol. The number of rotatable bonds is 5. The summed E-state index contributed by atoms with van der Waals surface area (Å²) >= 11 is 6.96. The van der Waals surface area contributed by atoms with Gasteiger partial charge >= 0.3 is 0 Å². The van der Waals surface area contributed by atoms with Gasteiger partial charge in [0.1, 0.15) is 0 Å². The van der Waals surface area contributed by atoms with Crippen molar-refractivity contribution in [3.05, 3.63) is 51.0 Å². The molecule has 1 N–H and O–H groups in total. The van der Waals surface area contributed by atoms with E-state index in [9.17, 15) is 4.79 Å². The number of carbonyl (C=O) groups is 1. The fourth-order valence-corrected chi connectivity index (χ4v) is 5.49. The van der Waals surface area contributed by atoms with Gasteiger partial charge in [-0.3, -0.25) is 4.79 Å². The maximum atomic E-state index is 11.5. The lowest BCUT2D eigenvalue weighted by Gasteiger charge is -2.22. The quantitative estimate of drug-likeness (QED) is 0.358. The SMILES string of the molecule is Br.Cc1sc(C(=O)S)cc1-c1csc(Nc2ccc(C3CCCCC3)cc2)n1. The molecule has 0 aliphatic heterocycles. The first-order chi connectivity index (χ1) is 13.1. The van der Waals surface area contributed by atoms with Gasteiger partial charge in [0.2, 0.25) is 5.12 Å². The predicted octanol–water partition coefficient (Wildman–Crippen LogP) is 7.62. The minimum absolute atomic E-state index is 0. The molecule has 1 aliphatic rings. The first kappa shape index (κ1) is 21.6. The third-order valence-corrected chi connectivity index (χ3v) is 7.35. The smallest absolute Gasteiger partial charge is 0.226 e. The maximum Gasteiger partial charge on any atom is 0.226 e. The standard InChI is InChI=1S/C21H22N2OS3.BrH/c1-13-17(11-19(27-13)20(24)25)18-12-26-21(23-18)22-16-9-7-15(8-10-16)14-5-3-2-4-6-14;/h7-12,14H,2-6H2,1H3,(H,22,23)(H,24,25);1H. The van der Waals surface area contributed by atoms with Gasteiger partial charge < -0.3 is 5.32 Å². The zero-order valence-corrected chi connectivity index (χ0v) is 19.8. The van der Waals surface area contributed by atoms with E-state index in [2.05, 4.69) is 42.2 Å². The molecule has 0 saturated heterocycles. The number of aromatic nitrogens is 1. The van der Waals surface area contributed by atoms with Gasteiger partial charge in [-0.05, 0) is 49.4 Å². The number of thiazole rings is 1. The first-order valence-corrected chi connectivity index (χ1v) is 11.4. The molecule has 0 amide bonds. The molecule has 1 fully saturated rings. The van der Waals surface area contributed by atoms with Gasteiger partial charge in [0.15, 0.2) is 5.13 Å². The van der Waals surface area contributed by atoms with Crippen molar-refractivity contribution in [2.75, 3.05) is 5.32 Å². The van der Waals surface area contributed by atoms with E-state index in [1.165, 1.54) is 49.0 Å². The molecule has 0 unspecified atom stereocenters. The summed E-state index contributed by atoms with van der Waals surface area (Å²) in [5, 5.41) is 6.10. The summed E-state index contributed by atoms with van der Waals surface area (Å²) < 4.78 is 0. The summed E-state index contributed by atoms with van der Waals surface area (Å²) in [4.78, 5) is 17.9. The van der Waals surface area contributed by atoms with Gasteiger partial charge in [-0.15, -0.1) is 39.7 Å². The number of thiophene rings is 1. The van der Waals surface area contributed by atoms with Crippen LogP contribution in [0.25, 0.3) is 11.3 Å². The average Bonchev–Trinajstić information content (AvgIpc) is 3.29. The largest absolute Gasteiger partial charge is 0.332 e. The first-order valence-electron chi connectivity index (χ1n) is 9.27. The summed E-state index contributed by atoms with van der Waals surface area (Å²) in [6.45, 7) is 2.01. The highest BCUT2D eigenvalue weighted by atomic mass is 79.9. The number of aryl methyl sites for hydroxylation is 1. The van der Waals surface area contributed by atoms with Gasteiger partial charge in [0, 0.05) is 21.5 Å². The van der Waals surface area contributed by atoms with Crippen LogP contribution in [0.5, 0.6) is 0 Å². The van der Waals surface area contributed by atoms with Gasteiger partial charge in [-0.2, -0.15) is 0 Å². The predicted molar refractivity (Wildman–Crippen MR) is 129 cm³/mol. The minimum Gasteiger partial charge on any atom is -0.332 e. The molecule has 2 heterocycles. The summed E-state index contributed by atoms with van der Waals surface area (Å²) in [5.74, 6) is 0.726. The Morgan fingerprint density at radius 2 is 1.89 bits per heavy atom. The van der Waals surface area contributed by atoms with Crippen LogP contribution < -0.4 is 5.32 Å². The van der Waals surface area contributed by atoms with Crippen molar-refractivity contribution in [1.82, 2.24) is 4.98 Å². The van der Waals surface area contributed by atoms with Crippen molar-refractivity contribution >= 4 is 68.2 Å². The van der Waals surface area contributed by atoms with E-state index >= 15 is 0 Å². The van der Waals surface area contributed by atoms with Crippen LogP contribution in [0, 0.1) is 6.92 Å². The summed E-state index contributed by atoms with van der Waals surface area (Å²) in [6, 6.07) is 10.7. The second kappa shape index (κ2) is 9.57.